The summed E-state index contributed by atoms with van der Waals surface area (Å²) in [6.07, 6.45) is 0.539. The Morgan fingerprint density at radius 3 is 2.13 bits per heavy atom. The lowest BCUT2D eigenvalue weighted by Crippen LogP contribution is -2.41. The Labute approximate surface area is 136 Å². The van der Waals surface area contributed by atoms with E-state index in [0.717, 1.165) is 5.56 Å². The maximum atomic E-state index is 11.9. The van der Waals surface area contributed by atoms with Crippen molar-refractivity contribution in [3.05, 3.63) is 35.9 Å². The van der Waals surface area contributed by atoms with Crippen molar-refractivity contribution in [1.29, 1.82) is 0 Å². The standard InChI is InChI=1S/C17H24N2O4/c1-4-14(17(22)23-3)19-16(21)11-10-15(20)18-12(2)13-8-6-5-7-9-13/h5-9,12,14H,4,10-11H2,1-3H3,(H,18,20)(H,19,21)/t12-,14+/m1/s1. The van der Waals surface area contributed by atoms with Crippen molar-refractivity contribution >= 4 is 17.8 Å². The van der Waals surface area contributed by atoms with Crippen molar-refractivity contribution in [2.24, 2.45) is 0 Å². The van der Waals surface area contributed by atoms with E-state index >= 15 is 0 Å². The molecule has 0 saturated carbocycles. The number of hydrogen-bond donors (Lipinski definition) is 2. The smallest absolute Gasteiger partial charge is 0.328 e. The molecule has 0 aliphatic heterocycles. The predicted octanol–water partition coefficient (Wildman–Crippen LogP) is 1.71. The maximum Gasteiger partial charge on any atom is 0.328 e. The van der Waals surface area contributed by atoms with E-state index in [1.54, 1.807) is 6.92 Å². The third-order valence-corrected chi connectivity index (χ3v) is 3.49. The van der Waals surface area contributed by atoms with Crippen molar-refractivity contribution in [3.8, 4) is 0 Å². The summed E-state index contributed by atoms with van der Waals surface area (Å²) in [5.74, 6) is -1.03. The number of carbonyl (C=O) groups excluding carboxylic acids is 3. The lowest BCUT2D eigenvalue weighted by atomic mass is 10.1. The molecule has 0 radical (unpaired) electrons. The van der Waals surface area contributed by atoms with Crippen LogP contribution in [0.3, 0.4) is 0 Å². The van der Waals surface area contributed by atoms with Crippen LogP contribution in [0.5, 0.6) is 0 Å². The van der Waals surface area contributed by atoms with Crippen LogP contribution in [0.15, 0.2) is 30.3 Å². The molecule has 1 rings (SSSR count). The van der Waals surface area contributed by atoms with E-state index in [1.807, 2.05) is 37.3 Å². The Bertz CT molecular complexity index is 531. The van der Waals surface area contributed by atoms with Gasteiger partial charge in [0.2, 0.25) is 11.8 Å². The van der Waals surface area contributed by atoms with Crippen molar-refractivity contribution in [2.75, 3.05) is 7.11 Å². The Balaban J connectivity index is 2.38. The molecule has 6 nitrogen and oxygen atoms in total. The van der Waals surface area contributed by atoms with Gasteiger partial charge in [0.15, 0.2) is 0 Å². The average Bonchev–Trinajstić information content (AvgIpc) is 2.57. The second kappa shape index (κ2) is 9.61. The Morgan fingerprint density at radius 1 is 1.04 bits per heavy atom. The highest BCUT2D eigenvalue weighted by molar-refractivity contribution is 5.87. The van der Waals surface area contributed by atoms with Crippen LogP contribution in [0, 0.1) is 0 Å². The van der Waals surface area contributed by atoms with Crippen LogP contribution in [0.1, 0.15) is 44.7 Å². The van der Waals surface area contributed by atoms with Crippen LogP contribution in [0.4, 0.5) is 0 Å². The molecule has 0 spiro atoms. The van der Waals surface area contributed by atoms with Crippen LogP contribution >= 0.6 is 0 Å². The summed E-state index contributed by atoms with van der Waals surface area (Å²) in [6, 6.07) is 8.80. The zero-order valence-corrected chi connectivity index (χ0v) is 13.8. The molecule has 2 atom stereocenters. The Kier molecular flexibility index (Phi) is 7.80. The first-order valence-corrected chi connectivity index (χ1v) is 7.69. The fraction of sp³-hybridized carbons (Fsp3) is 0.471. The van der Waals surface area contributed by atoms with E-state index in [2.05, 4.69) is 15.4 Å². The fourth-order valence-corrected chi connectivity index (χ4v) is 2.10. The SMILES string of the molecule is CC[C@H](NC(=O)CCC(=O)N[C@H](C)c1ccccc1)C(=O)OC. The van der Waals surface area contributed by atoms with E-state index in [4.69, 9.17) is 0 Å². The molecule has 0 heterocycles. The van der Waals surface area contributed by atoms with Gasteiger partial charge in [0.25, 0.3) is 0 Å². The Hall–Kier alpha value is -2.37. The summed E-state index contributed by atoms with van der Waals surface area (Å²) >= 11 is 0. The van der Waals surface area contributed by atoms with Gasteiger partial charge in [-0.3, -0.25) is 9.59 Å². The first-order chi connectivity index (χ1) is 11.0. The van der Waals surface area contributed by atoms with Crippen molar-refractivity contribution in [1.82, 2.24) is 10.6 Å². The van der Waals surface area contributed by atoms with E-state index in [-0.39, 0.29) is 30.7 Å². The summed E-state index contributed by atoms with van der Waals surface area (Å²) in [5, 5.41) is 5.41. The highest BCUT2D eigenvalue weighted by atomic mass is 16.5. The van der Waals surface area contributed by atoms with Crippen molar-refractivity contribution < 1.29 is 19.1 Å². The van der Waals surface area contributed by atoms with Gasteiger partial charge in [-0.1, -0.05) is 37.3 Å². The zero-order valence-electron chi connectivity index (χ0n) is 13.8. The fourth-order valence-electron chi connectivity index (χ4n) is 2.10. The second-order valence-corrected chi connectivity index (χ2v) is 5.25. The lowest BCUT2D eigenvalue weighted by molar-refractivity contribution is -0.145. The number of benzene rings is 1. The summed E-state index contributed by atoms with van der Waals surface area (Å²) < 4.78 is 4.60. The molecule has 6 heteroatoms. The molecule has 0 bridgehead atoms. The number of esters is 1. The molecule has 0 aliphatic rings. The largest absolute Gasteiger partial charge is 0.467 e. The van der Waals surface area contributed by atoms with Crippen LogP contribution in [-0.2, 0) is 19.1 Å². The molecular formula is C17H24N2O4. The molecule has 0 unspecified atom stereocenters. The zero-order chi connectivity index (χ0) is 17.2. The molecule has 126 valence electrons. The second-order valence-electron chi connectivity index (χ2n) is 5.25. The number of methoxy groups -OCH3 is 1. The number of nitrogens with one attached hydrogen (secondary N) is 2. The normalized spacial score (nSPS) is 12.8. The lowest BCUT2D eigenvalue weighted by Gasteiger charge is -2.16. The first kappa shape index (κ1) is 18.7. The van der Waals surface area contributed by atoms with Crippen LogP contribution in [-0.4, -0.2) is 30.9 Å². The number of ether oxygens (including phenoxy) is 1. The van der Waals surface area contributed by atoms with Crippen molar-refractivity contribution in [3.63, 3.8) is 0 Å². The van der Waals surface area contributed by atoms with Crippen LogP contribution in [0.2, 0.25) is 0 Å². The molecule has 0 aromatic heterocycles. The maximum absolute atomic E-state index is 11.9. The summed E-state index contributed by atoms with van der Waals surface area (Å²) in [7, 11) is 1.27. The predicted molar refractivity (Wildman–Crippen MR) is 86.5 cm³/mol. The highest BCUT2D eigenvalue weighted by Crippen LogP contribution is 2.11. The molecule has 0 aliphatic carbocycles. The van der Waals surface area contributed by atoms with Crippen molar-refractivity contribution in [2.45, 2.75) is 45.2 Å². The van der Waals surface area contributed by atoms with E-state index < -0.39 is 12.0 Å². The van der Waals surface area contributed by atoms with Gasteiger partial charge in [0.05, 0.1) is 13.2 Å². The summed E-state index contributed by atoms with van der Waals surface area (Å²) in [6.45, 7) is 3.66. The van der Waals surface area contributed by atoms with E-state index in [1.165, 1.54) is 7.11 Å². The van der Waals surface area contributed by atoms with Gasteiger partial charge in [-0.25, -0.2) is 4.79 Å². The molecule has 23 heavy (non-hydrogen) atoms. The summed E-state index contributed by atoms with van der Waals surface area (Å²) in [4.78, 5) is 35.1. The molecule has 0 fully saturated rings. The minimum Gasteiger partial charge on any atom is -0.467 e. The minimum absolute atomic E-state index is 0.0286. The number of amides is 2. The number of hydrogen-bond acceptors (Lipinski definition) is 4. The monoisotopic (exact) mass is 320 g/mol. The molecule has 2 amide bonds. The topological polar surface area (TPSA) is 84.5 Å². The van der Waals surface area contributed by atoms with Gasteiger partial charge >= 0.3 is 5.97 Å². The third-order valence-electron chi connectivity index (χ3n) is 3.49. The van der Waals surface area contributed by atoms with Gasteiger partial charge in [0.1, 0.15) is 6.04 Å². The molecular weight excluding hydrogens is 296 g/mol. The van der Waals surface area contributed by atoms with Gasteiger partial charge < -0.3 is 15.4 Å². The third kappa shape index (κ3) is 6.50. The number of carbonyl (C=O) groups is 3. The van der Waals surface area contributed by atoms with Crippen LogP contribution in [0.25, 0.3) is 0 Å². The van der Waals surface area contributed by atoms with Crippen LogP contribution < -0.4 is 10.6 Å². The van der Waals surface area contributed by atoms with E-state index in [0.29, 0.717) is 6.42 Å². The van der Waals surface area contributed by atoms with Gasteiger partial charge in [-0.2, -0.15) is 0 Å². The van der Waals surface area contributed by atoms with Gasteiger partial charge in [-0.15, -0.1) is 0 Å². The molecule has 1 aromatic carbocycles. The van der Waals surface area contributed by atoms with Gasteiger partial charge in [-0.05, 0) is 18.9 Å². The highest BCUT2D eigenvalue weighted by Gasteiger charge is 2.19. The molecule has 2 N–H and O–H groups in total. The Morgan fingerprint density at radius 2 is 1.61 bits per heavy atom. The molecule has 0 saturated heterocycles. The van der Waals surface area contributed by atoms with E-state index in [9.17, 15) is 14.4 Å². The molecule has 1 aromatic rings. The minimum atomic E-state index is -0.668. The summed E-state index contributed by atoms with van der Waals surface area (Å²) in [5.41, 5.74) is 1.00. The van der Waals surface area contributed by atoms with Gasteiger partial charge in [0, 0.05) is 12.8 Å². The average molecular weight is 320 g/mol. The first-order valence-electron chi connectivity index (χ1n) is 7.69. The quantitative estimate of drug-likeness (QED) is 0.714. The number of rotatable bonds is 8.